The highest BCUT2D eigenvalue weighted by molar-refractivity contribution is 7.14. The number of rotatable bonds is 8. The molecule has 4 rings (SSSR count). The van der Waals surface area contributed by atoms with Crippen LogP contribution in [0.5, 0.6) is 23.0 Å². The van der Waals surface area contributed by atoms with Gasteiger partial charge in [0.25, 0.3) is 5.91 Å². The second kappa shape index (κ2) is 9.19. The maximum atomic E-state index is 12.8. The zero-order valence-corrected chi connectivity index (χ0v) is 18.9. The van der Waals surface area contributed by atoms with Gasteiger partial charge in [0, 0.05) is 16.3 Å². The number of furan rings is 1. The van der Waals surface area contributed by atoms with Gasteiger partial charge in [-0.2, -0.15) is 0 Å². The van der Waals surface area contributed by atoms with Crippen LogP contribution in [0, 0.1) is 0 Å². The molecule has 2 aromatic heterocycles. The summed E-state index contributed by atoms with van der Waals surface area (Å²) in [7, 11) is 4.50. The topological polar surface area (TPSA) is 92.1 Å². The van der Waals surface area contributed by atoms with Crippen LogP contribution in [0.4, 0.5) is 5.13 Å². The first-order valence-electron chi connectivity index (χ1n) is 9.80. The lowest BCUT2D eigenvalue weighted by Gasteiger charge is -2.13. The summed E-state index contributed by atoms with van der Waals surface area (Å²) >= 11 is 1.30. The maximum Gasteiger partial charge on any atom is 0.257 e. The van der Waals surface area contributed by atoms with Crippen molar-refractivity contribution < 1.29 is 28.2 Å². The van der Waals surface area contributed by atoms with Crippen molar-refractivity contribution in [3.63, 3.8) is 0 Å². The van der Waals surface area contributed by atoms with Gasteiger partial charge in [-0.05, 0) is 31.2 Å². The Morgan fingerprint density at radius 1 is 1.06 bits per heavy atom. The molecule has 2 heterocycles. The Kier molecular flexibility index (Phi) is 6.18. The second-order valence-electron chi connectivity index (χ2n) is 6.62. The number of amides is 1. The number of aromatic nitrogens is 1. The number of carbonyl (C=O) groups excluding carboxylic acids is 1. The Morgan fingerprint density at radius 2 is 1.81 bits per heavy atom. The van der Waals surface area contributed by atoms with Crippen LogP contribution in [0.15, 0.2) is 46.2 Å². The number of fused-ring (bicyclic) bond motifs is 1. The van der Waals surface area contributed by atoms with E-state index in [1.165, 1.54) is 32.7 Å². The Labute approximate surface area is 188 Å². The summed E-state index contributed by atoms with van der Waals surface area (Å²) in [5, 5.41) is 5.98. The van der Waals surface area contributed by atoms with E-state index >= 15 is 0 Å². The van der Waals surface area contributed by atoms with Gasteiger partial charge in [-0.15, -0.1) is 11.3 Å². The van der Waals surface area contributed by atoms with Crippen LogP contribution in [0.3, 0.4) is 0 Å². The summed E-state index contributed by atoms with van der Waals surface area (Å²) in [5.74, 6) is 2.13. The molecule has 1 amide bonds. The molecule has 0 bridgehead atoms. The van der Waals surface area contributed by atoms with Crippen molar-refractivity contribution in [1.29, 1.82) is 0 Å². The molecule has 0 unspecified atom stereocenters. The van der Waals surface area contributed by atoms with E-state index in [0.29, 0.717) is 57.3 Å². The van der Waals surface area contributed by atoms with Crippen LogP contribution in [0.1, 0.15) is 17.3 Å². The number of benzene rings is 2. The van der Waals surface area contributed by atoms with Gasteiger partial charge in [0.05, 0.1) is 27.9 Å². The number of nitrogens with one attached hydrogen (secondary N) is 1. The molecule has 0 atom stereocenters. The fourth-order valence-corrected chi connectivity index (χ4v) is 3.95. The van der Waals surface area contributed by atoms with Crippen LogP contribution in [0.2, 0.25) is 0 Å². The van der Waals surface area contributed by atoms with Crippen LogP contribution in [-0.2, 0) is 0 Å². The summed E-state index contributed by atoms with van der Waals surface area (Å²) in [5.41, 5.74) is 1.63. The molecule has 0 aliphatic heterocycles. The fourth-order valence-electron chi connectivity index (χ4n) is 3.26. The zero-order valence-electron chi connectivity index (χ0n) is 18.1. The minimum atomic E-state index is -0.353. The average Bonchev–Trinajstić information content (AvgIpc) is 3.45. The Hall–Kier alpha value is -3.72. The lowest BCUT2D eigenvalue weighted by atomic mass is 10.1. The molecule has 32 heavy (non-hydrogen) atoms. The van der Waals surface area contributed by atoms with E-state index in [-0.39, 0.29) is 5.91 Å². The lowest BCUT2D eigenvalue weighted by molar-refractivity contribution is 0.102. The number of nitrogens with zero attached hydrogens (tertiary/aromatic N) is 1. The van der Waals surface area contributed by atoms with E-state index in [4.69, 9.17) is 23.4 Å². The van der Waals surface area contributed by atoms with Crippen molar-refractivity contribution in [1.82, 2.24) is 4.98 Å². The number of ether oxygens (including phenoxy) is 4. The predicted molar refractivity (Wildman–Crippen MR) is 123 cm³/mol. The Bertz CT molecular complexity index is 1240. The molecule has 0 saturated heterocycles. The van der Waals surface area contributed by atoms with Crippen molar-refractivity contribution in [2.24, 2.45) is 0 Å². The summed E-state index contributed by atoms with van der Waals surface area (Å²) < 4.78 is 27.6. The highest BCUT2D eigenvalue weighted by atomic mass is 32.1. The molecule has 9 heteroatoms. The number of methoxy groups -OCH3 is 3. The standard InChI is InChI=1S/C23H22N2O6S/c1-5-30-16-8-6-7-13-9-17(31-20(13)16)15-12-32-23(24-15)25-22(26)14-10-18(27-2)21(29-4)19(11-14)28-3/h6-12H,5H2,1-4H3,(H,24,25,26). The fraction of sp³-hybridized carbons (Fsp3) is 0.217. The van der Waals surface area contributed by atoms with E-state index < -0.39 is 0 Å². The van der Waals surface area contributed by atoms with Gasteiger partial charge in [-0.1, -0.05) is 12.1 Å². The van der Waals surface area contributed by atoms with Gasteiger partial charge in [-0.3, -0.25) is 10.1 Å². The first-order valence-corrected chi connectivity index (χ1v) is 10.7. The molecule has 166 valence electrons. The van der Waals surface area contributed by atoms with Crippen molar-refractivity contribution >= 4 is 33.3 Å². The predicted octanol–water partition coefficient (Wildman–Crippen LogP) is 5.23. The third-order valence-corrected chi connectivity index (χ3v) is 5.47. The van der Waals surface area contributed by atoms with Gasteiger partial charge in [0.15, 0.2) is 33.7 Å². The molecule has 0 aliphatic rings. The SMILES string of the molecule is CCOc1cccc2cc(-c3csc(NC(=O)c4cc(OC)c(OC)c(OC)c4)n3)oc12. The number of hydrogen-bond donors (Lipinski definition) is 1. The third kappa shape index (κ3) is 4.06. The van der Waals surface area contributed by atoms with Crippen molar-refractivity contribution in [2.75, 3.05) is 33.3 Å². The molecular weight excluding hydrogens is 432 g/mol. The molecule has 2 aromatic carbocycles. The van der Waals surface area contributed by atoms with Crippen molar-refractivity contribution in [3.05, 3.63) is 47.3 Å². The van der Waals surface area contributed by atoms with Crippen LogP contribution in [0.25, 0.3) is 22.4 Å². The number of carbonyl (C=O) groups is 1. The van der Waals surface area contributed by atoms with E-state index in [0.717, 1.165) is 5.39 Å². The molecule has 0 radical (unpaired) electrons. The van der Waals surface area contributed by atoms with E-state index in [2.05, 4.69) is 10.3 Å². The number of para-hydroxylation sites is 1. The van der Waals surface area contributed by atoms with Gasteiger partial charge < -0.3 is 23.4 Å². The Morgan fingerprint density at radius 3 is 2.47 bits per heavy atom. The molecule has 1 N–H and O–H groups in total. The summed E-state index contributed by atoms with van der Waals surface area (Å²) in [6.07, 6.45) is 0. The molecule has 0 aliphatic carbocycles. The van der Waals surface area contributed by atoms with Gasteiger partial charge >= 0.3 is 0 Å². The lowest BCUT2D eigenvalue weighted by Crippen LogP contribution is -2.12. The molecule has 8 nitrogen and oxygen atoms in total. The average molecular weight is 455 g/mol. The summed E-state index contributed by atoms with van der Waals surface area (Å²) in [4.78, 5) is 17.3. The second-order valence-corrected chi connectivity index (χ2v) is 7.48. The monoisotopic (exact) mass is 454 g/mol. The van der Waals surface area contributed by atoms with E-state index in [9.17, 15) is 4.79 Å². The van der Waals surface area contributed by atoms with E-state index in [1.54, 1.807) is 12.1 Å². The third-order valence-electron chi connectivity index (χ3n) is 4.71. The first-order chi connectivity index (χ1) is 15.6. The van der Waals surface area contributed by atoms with Crippen molar-refractivity contribution in [2.45, 2.75) is 6.92 Å². The largest absolute Gasteiger partial charge is 0.493 e. The minimum Gasteiger partial charge on any atom is -0.493 e. The molecule has 0 fully saturated rings. The minimum absolute atomic E-state index is 0.348. The van der Waals surface area contributed by atoms with Crippen LogP contribution < -0.4 is 24.3 Å². The van der Waals surface area contributed by atoms with Gasteiger partial charge in [-0.25, -0.2) is 4.98 Å². The maximum absolute atomic E-state index is 12.8. The highest BCUT2D eigenvalue weighted by Gasteiger charge is 2.19. The molecule has 0 spiro atoms. The van der Waals surface area contributed by atoms with Crippen LogP contribution >= 0.6 is 11.3 Å². The molecular formula is C23H22N2O6S. The summed E-state index contributed by atoms with van der Waals surface area (Å²) in [6, 6.07) is 10.8. The van der Waals surface area contributed by atoms with Crippen LogP contribution in [-0.4, -0.2) is 38.8 Å². The number of anilines is 1. The molecule has 4 aromatic rings. The van der Waals surface area contributed by atoms with Gasteiger partial charge in [0.1, 0.15) is 5.69 Å². The number of thiazole rings is 1. The zero-order chi connectivity index (χ0) is 22.7. The van der Waals surface area contributed by atoms with E-state index in [1.807, 2.05) is 36.6 Å². The Balaban J connectivity index is 1.58. The van der Waals surface area contributed by atoms with Gasteiger partial charge in [0.2, 0.25) is 5.75 Å². The smallest absolute Gasteiger partial charge is 0.257 e. The highest BCUT2D eigenvalue weighted by Crippen LogP contribution is 2.39. The quantitative estimate of drug-likeness (QED) is 0.390. The normalized spacial score (nSPS) is 10.8. The molecule has 0 saturated carbocycles. The first kappa shape index (κ1) is 21.5. The number of hydrogen-bond acceptors (Lipinski definition) is 8. The summed E-state index contributed by atoms with van der Waals surface area (Å²) in [6.45, 7) is 2.47. The van der Waals surface area contributed by atoms with Crippen molar-refractivity contribution in [3.8, 4) is 34.5 Å².